The molecule has 4 unspecified atom stereocenters. The van der Waals surface area contributed by atoms with Crippen molar-refractivity contribution in [2.45, 2.75) is 77.0 Å². The van der Waals surface area contributed by atoms with Gasteiger partial charge in [-0.05, 0) is 62.8 Å². The summed E-state index contributed by atoms with van der Waals surface area (Å²) in [7, 11) is 0. The maximum Gasteiger partial charge on any atom is 0.134 e. The number of fused-ring (bicyclic) bond motifs is 2. The molecule has 6 nitrogen and oxygen atoms in total. The summed E-state index contributed by atoms with van der Waals surface area (Å²) in [6, 6.07) is 17.3. The average Bonchev–Trinajstić information content (AvgIpc) is 2.90. The first-order valence-electron chi connectivity index (χ1n) is 13.0. The minimum atomic E-state index is -0.0658. The van der Waals surface area contributed by atoms with Gasteiger partial charge in [0.2, 0.25) is 0 Å². The molecule has 0 aromatic heterocycles. The van der Waals surface area contributed by atoms with Gasteiger partial charge in [0.05, 0.1) is 48.2 Å². The topological polar surface area (TPSA) is 43.4 Å². The van der Waals surface area contributed by atoms with Crippen molar-refractivity contribution in [2.24, 2.45) is 0 Å². The fourth-order valence-electron chi connectivity index (χ4n) is 5.38. The maximum absolute atomic E-state index is 6.67. The van der Waals surface area contributed by atoms with Gasteiger partial charge in [0.25, 0.3) is 0 Å². The van der Waals surface area contributed by atoms with Gasteiger partial charge in [-0.1, -0.05) is 38.1 Å². The third kappa shape index (κ3) is 4.82. The summed E-state index contributed by atoms with van der Waals surface area (Å²) >= 11 is 0. The predicted molar refractivity (Wildman–Crippen MR) is 135 cm³/mol. The Hall–Kier alpha value is -2.12. The monoisotopic (exact) mass is 466 g/mol. The van der Waals surface area contributed by atoms with Gasteiger partial charge in [0, 0.05) is 13.2 Å². The Morgan fingerprint density at radius 3 is 1.38 bits per heavy atom. The zero-order chi connectivity index (χ0) is 23.3. The zero-order valence-electron chi connectivity index (χ0n) is 20.5. The van der Waals surface area contributed by atoms with E-state index in [-0.39, 0.29) is 24.7 Å². The van der Waals surface area contributed by atoms with E-state index in [1.807, 2.05) is 0 Å². The number of rotatable bonds is 8. The Balaban J connectivity index is 1.51. The lowest BCUT2D eigenvalue weighted by atomic mass is 10.0. The standard InChI is InChI=1S/C28H38N2O4/c1-3-27(33-21-11-9-17-31-19-21)29-23-13-5-7-15-25(23)30(26-16-8-6-14-24(26)29)28(4-2)34-22-12-10-18-32-20-22/h5-8,13-16,21-22,27-28H,3-4,9-12,17-20H2,1-2H3. The lowest BCUT2D eigenvalue weighted by Gasteiger charge is -2.46. The van der Waals surface area contributed by atoms with Crippen molar-refractivity contribution in [1.82, 2.24) is 0 Å². The second-order valence-electron chi connectivity index (χ2n) is 9.39. The quantitative estimate of drug-likeness (QED) is 0.466. The fourth-order valence-corrected chi connectivity index (χ4v) is 5.38. The third-order valence-electron chi connectivity index (χ3n) is 7.01. The molecular weight excluding hydrogens is 428 g/mol. The van der Waals surface area contributed by atoms with Crippen LogP contribution >= 0.6 is 0 Å². The lowest BCUT2D eigenvalue weighted by Crippen LogP contribution is -2.45. The van der Waals surface area contributed by atoms with Gasteiger partial charge < -0.3 is 28.7 Å². The van der Waals surface area contributed by atoms with Crippen LogP contribution in [0.2, 0.25) is 0 Å². The predicted octanol–water partition coefficient (Wildman–Crippen LogP) is 6.14. The number of hydrogen-bond acceptors (Lipinski definition) is 6. The molecule has 0 saturated carbocycles. The Labute approximate surface area is 203 Å². The molecule has 0 spiro atoms. The minimum absolute atomic E-state index is 0.0658. The summed E-state index contributed by atoms with van der Waals surface area (Å²) < 4.78 is 24.8. The van der Waals surface area contributed by atoms with Crippen LogP contribution in [0.5, 0.6) is 0 Å². The van der Waals surface area contributed by atoms with Crippen LogP contribution in [0.3, 0.4) is 0 Å². The van der Waals surface area contributed by atoms with Crippen LogP contribution in [-0.2, 0) is 18.9 Å². The van der Waals surface area contributed by atoms with Gasteiger partial charge in [0.15, 0.2) is 0 Å². The molecule has 0 N–H and O–H groups in total. The van der Waals surface area contributed by atoms with E-state index in [0.717, 1.165) is 74.5 Å². The number of anilines is 4. The Morgan fingerprint density at radius 1 is 0.706 bits per heavy atom. The molecule has 5 rings (SSSR count). The molecular formula is C28H38N2O4. The van der Waals surface area contributed by atoms with E-state index >= 15 is 0 Å². The molecule has 0 aliphatic carbocycles. The van der Waals surface area contributed by atoms with Crippen molar-refractivity contribution < 1.29 is 18.9 Å². The fraction of sp³-hybridized carbons (Fsp3) is 0.571. The van der Waals surface area contributed by atoms with Crippen LogP contribution in [0.15, 0.2) is 48.5 Å². The number of nitrogens with zero attached hydrogens (tertiary/aromatic N) is 2. The molecule has 0 radical (unpaired) electrons. The van der Waals surface area contributed by atoms with Crippen LogP contribution in [0, 0.1) is 0 Å². The Morgan fingerprint density at radius 2 is 1.09 bits per heavy atom. The lowest BCUT2D eigenvalue weighted by molar-refractivity contribution is -0.0840. The van der Waals surface area contributed by atoms with Gasteiger partial charge in [-0.25, -0.2) is 0 Å². The summed E-state index contributed by atoms with van der Waals surface area (Å²) in [4.78, 5) is 4.76. The highest BCUT2D eigenvalue weighted by Gasteiger charge is 2.37. The third-order valence-corrected chi connectivity index (χ3v) is 7.01. The van der Waals surface area contributed by atoms with E-state index in [9.17, 15) is 0 Å². The van der Waals surface area contributed by atoms with Crippen LogP contribution < -0.4 is 9.80 Å². The van der Waals surface area contributed by atoms with Crippen molar-refractivity contribution in [1.29, 1.82) is 0 Å². The Bertz CT molecular complexity index is 805. The average molecular weight is 467 g/mol. The summed E-state index contributed by atoms with van der Waals surface area (Å²) in [6.07, 6.45) is 6.11. The maximum atomic E-state index is 6.67. The summed E-state index contributed by atoms with van der Waals surface area (Å²) in [5, 5.41) is 0. The van der Waals surface area contributed by atoms with E-state index in [4.69, 9.17) is 18.9 Å². The molecule has 3 heterocycles. The van der Waals surface area contributed by atoms with Gasteiger partial charge in [-0.3, -0.25) is 0 Å². The highest BCUT2D eigenvalue weighted by atomic mass is 16.6. The number of benzene rings is 2. The van der Waals surface area contributed by atoms with Gasteiger partial charge in [0.1, 0.15) is 12.5 Å². The van der Waals surface area contributed by atoms with Crippen molar-refractivity contribution >= 4 is 22.7 Å². The van der Waals surface area contributed by atoms with Crippen molar-refractivity contribution in [3.05, 3.63) is 48.5 Å². The molecule has 2 aromatic rings. The normalized spacial score (nSPS) is 24.3. The van der Waals surface area contributed by atoms with E-state index < -0.39 is 0 Å². The van der Waals surface area contributed by atoms with Crippen LogP contribution in [0.25, 0.3) is 0 Å². The second-order valence-corrected chi connectivity index (χ2v) is 9.39. The molecule has 184 valence electrons. The molecule has 4 atom stereocenters. The first-order valence-corrected chi connectivity index (χ1v) is 13.0. The molecule has 3 aliphatic rings. The van der Waals surface area contributed by atoms with Crippen molar-refractivity contribution in [2.75, 3.05) is 36.2 Å². The molecule has 2 aromatic carbocycles. The number of para-hydroxylation sites is 4. The van der Waals surface area contributed by atoms with E-state index in [0.29, 0.717) is 13.2 Å². The largest absolute Gasteiger partial charge is 0.379 e. The molecule has 0 amide bonds. The molecule has 34 heavy (non-hydrogen) atoms. The summed E-state index contributed by atoms with van der Waals surface area (Å²) in [5.74, 6) is 0. The van der Waals surface area contributed by atoms with Gasteiger partial charge in [-0.15, -0.1) is 0 Å². The number of hydrogen-bond donors (Lipinski definition) is 0. The molecule has 3 aliphatic heterocycles. The highest BCUT2D eigenvalue weighted by Crippen LogP contribution is 2.50. The summed E-state index contributed by atoms with van der Waals surface area (Å²) in [6.45, 7) is 7.43. The first kappa shape index (κ1) is 23.6. The van der Waals surface area contributed by atoms with Crippen LogP contribution in [0.4, 0.5) is 22.7 Å². The SMILES string of the molecule is CCC(OC1CCCOC1)N1c2ccccc2N(C(CC)OC2CCCOC2)c2ccccc21. The Kier molecular flexibility index (Phi) is 7.70. The molecule has 2 saturated heterocycles. The van der Waals surface area contributed by atoms with E-state index in [1.165, 1.54) is 0 Å². The smallest absolute Gasteiger partial charge is 0.134 e. The minimum Gasteiger partial charge on any atom is -0.379 e. The van der Waals surface area contributed by atoms with Crippen LogP contribution in [0.1, 0.15) is 52.4 Å². The van der Waals surface area contributed by atoms with Crippen molar-refractivity contribution in [3.8, 4) is 0 Å². The van der Waals surface area contributed by atoms with E-state index in [1.54, 1.807) is 0 Å². The first-order chi connectivity index (χ1) is 16.8. The highest BCUT2D eigenvalue weighted by molar-refractivity contribution is 5.93. The zero-order valence-corrected chi connectivity index (χ0v) is 20.5. The van der Waals surface area contributed by atoms with Gasteiger partial charge in [-0.2, -0.15) is 0 Å². The van der Waals surface area contributed by atoms with Crippen LogP contribution in [-0.4, -0.2) is 51.1 Å². The number of ether oxygens (including phenoxy) is 4. The summed E-state index contributed by atoms with van der Waals surface area (Å²) in [5.41, 5.74) is 4.64. The van der Waals surface area contributed by atoms with Gasteiger partial charge >= 0.3 is 0 Å². The molecule has 0 bridgehead atoms. The van der Waals surface area contributed by atoms with Crippen molar-refractivity contribution in [3.63, 3.8) is 0 Å². The molecule has 2 fully saturated rings. The molecule has 6 heteroatoms. The van der Waals surface area contributed by atoms with E-state index in [2.05, 4.69) is 72.2 Å². The second kappa shape index (κ2) is 11.1.